The van der Waals surface area contributed by atoms with Crippen molar-refractivity contribution in [3.8, 4) is 0 Å². The van der Waals surface area contributed by atoms with Crippen LogP contribution in [0.15, 0.2) is 8.96 Å². The summed E-state index contributed by atoms with van der Waals surface area (Å²) in [6.45, 7) is 0. The van der Waals surface area contributed by atoms with Gasteiger partial charge in [0.05, 0.1) is 13.0 Å². The summed E-state index contributed by atoms with van der Waals surface area (Å²) >= 11 is 14.4. The molecular formula is C11H12Br4O4. The molecule has 0 radical (unpaired) electrons. The average Bonchev–Trinajstić information content (AvgIpc) is 2.69. The van der Waals surface area contributed by atoms with Gasteiger partial charge in [0.2, 0.25) is 5.79 Å². The first-order valence-electron chi connectivity index (χ1n) is 5.39. The van der Waals surface area contributed by atoms with E-state index in [9.17, 15) is 4.79 Å². The lowest BCUT2D eigenvalue weighted by Gasteiger charge is -2.41. The van der Waals surface area contributed by atoms with Crippen LogP contribution in [-0.4, -0.2) is 41.7 Å². The summed E-state index contributed by atoms with van der Waals surface area (Å²) in [7, 11) is 4.49. The Hall–Kier alpha value is 1.05. The molecule has 0 amide bonds. The summed E-state index contributed by atoms with van der Waals surface area (Å²) in [6.07, 6.45) is 0.488. The van der Waals surface area contributed by atoms with E-state index in [1.165, 1.54) is 7.11 Å². The van der Waals surface area contributed by atoms with Gasteiger partial charge in [-0.25, -0.2) is 0 Å². The smallest absolute Gasteiger partial charge is 0.310 e. The van der Waals surface area contributed by atoms with Gasteiger partial charge in [-0.1, -0.05) is 63.7 Å². The largest absolute Gasteiger partial charge is 0.469 e. The van der Waals surface area contributed by atoms with Gasteiger partial charge in [-0.05, 0) is 6.42 Å². The van der Waals surface area contributed by atoms with E-state index >= 15 is 0 Å². The standard InChI is InChI=1S/C11H12Br4O4/c1-17-8(16)5-4-9(14)6(12)7(13)10(5,15)11(9,18-2)19-3/h5H,4H2,1-3H3/t5-,9-,10+/m0/s1. The van der Waals surface area contributed by atoms with Crippen LogP contribution >= 0.6 is 63.7 Å². The third-order valence-electron chi connectivity index (χ3n) is 3.89. The second kappa shape index (κ2) is 5.05. The van der Waals surface area contributed by atoms with E-state index in [4.69, 9.17) is 14.2 Å². The Labute approximate surface area is 145 Å². The number of ether oxygens (including phenoxy) is 3. The molecule has 0 aromatic carbocycles. The zero-order chi connectivity index (χ0) is 14.6. The van der Waals surface area contributed by atoms with Crippen LogP contribution < -0.4 is 0 Å². The number of rotatable bonds is 3. The molecule has 1 saturated carbocycles. The lowest BCUT2D eigenvalue weighted by atomic mass is 9.92. The summed E-state index contributed by atoms with van der Waals surface area (Å²) in [6, 6.07) is 0. The molecule has 2 rings (SSSR count). The number of halogens is 4. The SMILES string of the molecule is COC(=O)[C@@H]1C[C@]2(Br)C(Br)=C(Br)[C@@]1(Br)C2(OC)OC. The summed E-state index contributed by atoms with van der Waals surface area (Å²) < 4.78 is 16.4. The van der Waals surface area contributed by atoms with Crippen molar-refractivity contribution in [2.24, 2.45) is 5.92 Å². The molecule has 2 aliphatic carbocycles. The average molecular weight is 528 g/mol. The van der Waals surface area contributed by atoms with E-state index in [0.717, 1.165) is 8.96 Å². The molecule has 4 nitrogen and oxygen atoms in total. The summed E-state index contributed by atoms with van der Waals surface area (Å²) in [4.78, 5) is 12.1. The quantitative estimate of drug-likeness (QED) is 0.320. The highest BCUT2D eigenvalue weighted by Gasteiger charge is 2.81. The molecule has 0 N–H and O–H groups in total. The fourth-order valence-corrected chi connectivity index (χ4v) is 7.81. The van der Waals surface area contributed by atoms with Crippen LogP contribution in [0, 0.1) is 5.92 Å². The molecule has 1 fully saturated rings. The number of hydrogen-bond acceptors (Lipinski definition) is 4. The van der Waals surface area contributed by atoms with E-state index in [-0.39, 0.29) is 5.97 Å². The molecular weight excluding hydrogens is 516 g/mol. The molecule has 0 spiro atoms. The first kappa shape index (κ1) is 16.4. The second-order valence-corrected chi connectivity index (χ2v) is 8.64. The lowest BCUT2D eigenvalue weighted by molar-refractivity contribution is -0.214. The van der Waals surface area contributed by atoms with Crippen molar-refractivity contribution >= 4 is 69.7 Å². The third kappa shape index (κ3) is 1.64. The minimum atomic E-state index is -1.06. The topological polar surface area (TPSA) is 44.8 Å². The Bertz CT molecular complexity index is 462. The van der Waals surface area contributed by atoms with Gasteiger partial charge in [-0.2, -0.15) is 0 Å². The number of carbonyl (C=O) groups is 1. The van der Waals surface area contributed by atoms with Gasteiger partial charge in [0, 0.05) is 23.2 Å². The zero-order valence-electron chi connectivity index (χ0n) is 10.4. The predicted molar refractivity (Wildman–Crippen MR) is 85.1 cm³/mol. The van der Waals surface area contributed by atoms with Gasteiger partial charge >= 0.3 is 5.97 Å². The van der Waals surface area contributed by atoms with Gasteiger partial charge in [0.15, 0.2) is 0 Å². The molecule has 3 atom stereocenters. The van der Waals surface area contributed by atoms with Gasteiger partial charge < -0.3 is 14.2 Å². The molecule has 0 aromatic heterocycles. The zero-order valence-corrected chi connectivity index (χ0v) is 16.8. The summed E-state index contributed by atoms with van der Waals surface area (Å²) in [5.74, 6) is -1.81. The van der Waals surface area contributed by atoms with Crippen LogP contribution in [0.4, 0.5) is 0 Å². The molecule has 2 aliphatic rings. The molecule has 0 heterocycles. The second-order valence-electron chi connectivity index (χ2n) is 4.45. The Kier molecular flexibility index (Phi) is 4.37. The van der Waals surface area contributed by atoms with E-state index in [2.05, 4.69) is 63.7 Å². The van der Waals surface area contributed by atoms with Crippen molar-refractivity contribution in [2.75, 3.05) is 21.3 Å². The molecule has 0 aliphatic heterocycles. The Morgan fingerprint density at radius 2 is 1.68 bits per heavy atom. The van der Waals surface area contributed by atoms with Crippen LogP contribution in [0.1, 0.15) is 6.42 Å². The number of carbonyl (C=O) groups excluding carboxylic acids is 1. The maximum absolute atomic E-state index is 12.1. The minimum Gasteiger partial charge on any atom is -0.469 e. The number of fused-ring (bicyclic) bond motifs is 2. The van der Waals surface area contributed by atoms with Gasteiger partial charge in [-0.15, -0.1) is 0 Å². The molecule has 2 bridgehead atoms. The molecule has 108 valence electrons. The van der Waals surface area contributed by atoms with Crippen LogP contribution in [0.5, 0.6) is 0 Å². The van der Waals surface area contributed by atoms with Crippen LogP contribution in [-0.2, 0) is 19.0 Å². The first-order valence-corrected chi connectivity index (χ1v) is 8.56. The number of alkyl halides is 2. The predicted octanol–water partition coefficient (Wildman–Crippen LogP) is 3.45. The molecule has 19 heavy (non-hydrogen) atoms. The normalized spacial score (nSPS) is 39.8. The van der Waals surface area contributed by atoms with E-state index < -0.39 is 20.4 Å². The van der Waals surface area contributed by atoms with E-state index in [1.807, 2.05) is 0 Å². The lowest BCUT2D eigenvalue weighted by Crippen LogP contribution is -2.57. The van der Waals surface area contributed by atoms with Gasteiger partial charge in [0.1, 0.15) is 8.65 Å². The Morgan fingerprint density at radius 3 is 2.05 bits per heavy atom. The highest BCUT2D eigenvalue weighted by Crippen LogP contribution is 2.73. The summed E-state index contributed by atoms with van der Waals surface area (Å²) in [5.41, 5.74) is 0. The monoisotopic (exact) mass is 524 g/mol. The van der Waals surface area contributed by atoms with Crippen molar-refractivity contribution in [2.45, 2.75) is 20.9 Å². The maximum atomic E-state index is 12.1. The maximum Gasteiger partial charge on any atom is 0.310 e. The van der Waals surface area contributed by atoms with Gasteiger partial charge in [-0.3, -0.25) is 4.79 Å². The Morgan fingerprint density at radius 1 is 1.16 bits per heavy atom. The molecule has 0 unspecified atom stereocenters. The van der Waals surface area contributed by atoms with Gasteiger partial charge in [0.25, 0.3) is 0 Å². The van der Waals surface area contributed by atoms with Crippen molar-refractivity contribution < 1.29 is 19.0 Å². The van der Waals surface area contributed by atoms with Crippen LogP contribution in [0.2, 0.25) is 0 Å². The minimum absolute atomic E-state index is 0.311. The van der Waals surface area contributed by atoms with Crippen molar-refractivity contribution in [3.05, 3.63) is 8.96 Å². The van der Waals surface area contributed by atoms with Crippen LogP contribution in [0.25, 0.3) is 0 Å². The van der Waals surface area contributed by atoms with Crippen molar-refractivity contribution in [1.82, 2.24) is 0 Å². The fourth-order valence-electron chi connectivity index (χ4n) is 3.03. The third-order valence-corrected chi connectivity index (χ3v) is 10.3. The number of hydrogen-bond donors (Lipinski definition) is 0. The van der Waals surface area contributed by atoms with Crippen molar-refractivity contribution in [3.63, 3.8) is 0 Å². The van der Waals surface area contributed by atoms with E-state index in [1.54, 1.807) is 14.2 Å². The summed E-state index contributed by atoms with van der Waals surface area (Å²) in [5, 5.41) is 0. The van der Waals surface area contributed by atoms with E-state index in [0.29, 0.717) is 6.42 Å². The molecule has 8 heteroatoms. The number of methoxy groups -OCH3 is 3. The highest BCUT2D eigenvalue weighted by molar-refractivity contribution is 9.16. The number of esters is 1. The molecule has 0 aromatic rings. The highest BCUT2D eigenvalue weighted by atomic mass is 79.9. The first-order chi connectivity index (χ1) is 8.76. The fraction of sp³-hybridized carbons (Fsp3) is 0.727. The molecule has 0 saturated heterocycles. The van der Waals surface area contributed by atoms with Crippen molar-refractivity contribution in [1.29, 1.82) is 0 Å². The Balaban J connectivity index is 2.68. The van der Waals surface area contributed by atoms with Crippen LogP contribution in [0.3, 0.4) is 0 Å².